The molecule has 124 valence electrons. The highest BCUT2D eigenvalue weighted by Crippen LogP contribution is 2.27. The zero-order chi connectivity index (χ0) is 16.2. The zero-order valence-corrected chi connectivity index (χ0v) is 13.6. The number of rotatable bonds is 6. The number of hydrogen-bond acceptors (Lipinski definition) is 5. The van der Waals surface area contributed by atoms with Crippen LogP contribution in [0.1, 0.15) is 25.7 Å². The van der Waals surface area contributed by atoms with Gasteiger partial charge in [-0.15, -0.1) is 0 Å². The number of thiazole rings is 1. The molecule has 1 aliphatic heterocycles. The SMILES string of the molecule is O=C(CN1CCCC1CCCO)Nc1nc2ccc(F)cc2s1. The largest absolute Gasteiger partial charge is 0.396 e. The number of halogens is 1. The number of hydrogen-bond donors (Lipinski definition) is 2. The predicted octanol–water partition coefficient (Wildman–Crippen LogP) is 2.61. The summed E-state index contributed by atoms with van der Waals surface area (Å²) < 4.78 is 13.9. The number of carbonyl (C=O) groups excluding carboxylic acids is 1. The van der Waals surface area contributed by atoms with Gasteiger partial charge in [0.15, 0.2) is 5.13 Å². The number of likely N-dealkylation sites (tertiary alicyclic amines) is 1. The summed E-state index contributed by atoms with van der Waals surface area (Å²) in [5.41, 5.74) is 0.689. The summed E-state index contributed by atoms with van der Waals surface area (Å²) in [7, 11) is 0. The minimum atomic E-state index is -0.303. The molecule has 0 aliphatic carbocycles. The van der Waals surface area contributed by atoms with Crippen LogP contribution < -0.4 is 5.32 Å². The third-order valence-corrected chi connectivity index (χ3v) is 5.07. The number of aliphatic hydroxyl groups is 1. The van der Waals surface area contributed by atoms with E-state index in [-0.39, 0.29) is 18.3 Å². The van der Waals surface area contributed by atoms with Crippen LogP contribution in [0.5, 0.6) is 0 Å². The third kappa shape index (κ3) is 4.04. The molecule has 7 heteroatoms. The molecule has 1 aromatic heterocycles. The molecule has 0 bridgehead atoms. The molecule has 1 aliphatic rings. The van der Waals surface area contributed by atoms with Gasteiger partial charge in [-0.1, -0.05) is 11.3 Å². The van der Waals surface area contributed by atoms with Crippen molar-refractivity contribution in [2.75, 3.05) is 25.0 Å². The van der Waals surface area contributed by atoms with E-state index >= 15 is 0 Å². The molecule has 23 heavy (non-hydrogen) atoms. The van der Waals surface area contributed by atoms with Crippen LogP contribution >= 0.6 is 11.3 Å². The van der Waals surface area contributed by atoms with Crippen molar-refractivity contribution in [2.24, 2.45) is 0 Å². The normalized spacial score (nSPS) is 18.6. The lowest BCUT2D eigenvalue weighted by Crippen LogP contribution is -2.36. The van der Waals surface area contributed by atoms with E-state index < -0.39 is 0 Å². The summed E-state index contributed by atoms with van der Waals surface area (Å²) in [5.74, 6) is -0.400. The first-order valence-corrected chi connectivity index (χ1v) is 8.68. The number of aromatic nitrogens is 1. The van der Waals surface area contributed by atoms with Crippen LogP contribution in [-0.2, 0) is 4.79 Å². The molecule has 2 heterocycles. The molecule has 5 nitrogen and oxygen atoms in total. The Morgan fingerprint density at radius 2 is 2.39 bits per heavy atom. The molecule has 1 fully saturated rings. The van der Waals surface area contributed by atoms with Gasteiger partial charge in [-0.2, -0.15) is 0 Å². The fourth-order valence-corrected chi connectivity index (χ4v) is 3.96. The highest BCUT2D eigenvalue weighted by molar-refractivity contribution is 7.22. The highest BCUT2D eigenvalue weighted by Gasteiger charge is 2.25. The van der Waals surface area contributed by atoms with Crippen molar-refractivity contribution in [3.8, 4) is 0 Å². The van der Waals surface area contributed by atoms with Crippen LogP contribution in [-0.4, -0.2) is 46.6 Å². The summed E-state index contributed by atoms with van der Waals surface area (Å²) in [4.78, 5) is 18.7. The summed E-state index contributed by atoms with van der Waals surface area (Å²) in [6.45, 7) is 1.44. The molecular weight excluding hydrogens is 317 g/mol. The Kier molecular flexibility index (Phi) is 5.20. The first-order valence-electron chi connectivity index (χ1n) is 7.86. The maximum absolute atomic E-state index is 13.2. The van der Waals surface area contributed by atoms with E-state index in [0.29, 0.717) is 23.2 Å². The van der Waals surface area contributed by atoms with E-state index in [9.17, 15) is 9.18 Å². The zero-order valence-electron chi connectivity index (χ0n) is 12.8. The van der Waals surface area contributed by atoms with Crippen molar-refractivity contribution < 1.29 is 14.3 Å². The molecule has 1 atom stereocenters. The summed E-state index contributed by atoms with van der Waals surface area (Å²) in [6, 6.07) is 4.78. The van der Waals surface area contributed by atoms with Crippen LogP contribution in [0.25, 0.3) is 10.2 Å². The number of benzene rings is 1. The average molecular weight is 337 g/mol. The topological polar surface area (TPSA) is 65.5 Å². The first kappa shape index (κ1) is 16.3. The minimum Gasteiger partial charge on any atom is -0.396 e. The Morgan fingerprint density at radius 3 is 3.22 bits per heavy atom. The lowest BCUT2D eigenvalue weighted by Gasteiger charge is -2.23. The van der Waals surface area contributed by atoms with Gasteiger partial charge in [-0.05, 0) is 50.4 Å². The Bertz CT molecular complexity index is 691. The van der Waals surface area contributed by atoms with Gasteiger partial charge in [0.05, 0.1) is 16.8 Å². The fourth-order valence-electron chi connectivity index (χ4n) is 3.05. The maximum Gasteiger partial charge on any atom is 0.240 e. The van der Waals surface area contributed by atoms with Crippen molar-refractivity contribution in [1.29, 1.82) is 0 Å². The van der Waals surface area contributed by atoms with E-state index in [1.165, 1.54) is 23.5 Å². The van der Waals surface area contributed by atoms with E-state index in [0.717, 1.165) is 36.9 Å². The number of nitrogens with one attached hydrogen (secondary N) is 1. The lowest BCUT2D eigenvalue weighted by molar-refractivity contribution is -0.117. The number of aliphatic hydroxyl groups excluding tert-OH is 1. The van der Waals surface area contributed by atoms with Crippen molar-refractivity contribution in [3.05, 3.63) is 24.0 Å². The standard InChI is InChI=1S/C16H20FN3O2S/c17-11-5-6-13-14(9-11)23-16(18-13)19-15(22)10-20-7-1-3-12(20)4-2-8-21/h5-6,9,12,21H,1-4,7-8,10H2,(H,18,19,22). The number of nitrogens with zero attached hydrogens (tertiary/aromatic N) is 2. The van der Waals surface area contributed by atoms with E-state index in [1.807, 2.05) is 0 Å². The Morgan fingerprint density at radius 1 is 1.52 bits per heavy atom. The Balaban J connectivity index is 1.59. The molecular formula is C16H20FN3O2S. The van der Waals surface area contributed by atoms with Crippen molar-refractivity contribution >= 4 is 32.6 Å². The second-order valence-electron chi connectivity index (χ2n) is 5.81. The van der Waals surface area contributed by atoms with Crippen LogP contribution in [0.2, 0.25) is 0 Å². The molecule has 0 spiro atoms. The number of anilines is 1. The summed E-state index contributed by atoms with van der Waals surface area (Å²) >= 11 is 1.28. The Hall–Kier alpha value is -1.57. The fraction of sp³-hybridized carbons (Fsp3) is 0.500. The lowest BCUT2D eigenvalue weighted by atomic mass is 10.1. The van der Waals surface area contributed by atoms with Gasteiger partial charge >= 0.3 is 0 Å². The molecule has 1 saturated heterocycles. The van der Waals surface area contributed by atoms with Gasteiger partial charge in [0.25, 0.3) is 0 Å². The van der Waals surface area contributed by atoms with E-state index in [4.69, 9.17) is 5.11 Å². The molecule has 0 radical (unpaired) electrons. The Labute approximate surface area is 138 Å². The molecule has 2 N–H and O–H groups in total. The van der Waals surface area contributed by atoms with Gasteiger partial charge in [0.1, 0.15) is 5.82 Å². The molecule has 0 saturated carbocycles. The van der Waals surface area contributed by atoms with Gasteiger partial charge in [-0.25, -0.2) is 9.37 Å². The van der Waals surface area contributed by atoms with Crippen LogP contribution in [0, 0.1) is 5.82 Å². The van der Waals surface area contributed by atoms with Crippen LogP contribution in [0.15, 0.2) is 18.2 Å². The molecule has 2 aromatic rings. The maximum atomic E-state index is 13.2. The minimum absolute atomic E-state index is 0.0968. The van der Waals surface area contributed by atoms with Gasteiger partial charge in [0.2, 0.25) is 5.91 Å². The predicted molar refractivity (Wildman–Crippen MR) is 89.1 cm³/mol. The molecule has 1 aromatic carbocycles. The van der Waals surface area contributed by atoms with Crippen molar-refractivity contribution in [3.63, 3.8) is 0 Å². The number of amides is 1. The summed E-state index contributed by atoms with van der Waals surface area (Å²) in [6.07, 6.45) is 3.86. The number of fused-ring (bicyclic) bond motifs is 1. The van der Waals surface area contributed by atoms with E-state index in [2.05, 4.69) is 15.2 Å². The van der Waals surface area contributed by atoms with Gasteiger partial charge in [-0.3, -0.25) is 9.69 Å². The van der Waals surface area contributed by atoms with Crippen LogP contribution in [0.4, 0.5) is 9.52 Å². The molecule has 1 amide bonds. The first-order chi connectivity index (χ1) is 11.2. The smallest absolute Gasteiger partial charge is 0.240 e. The van der Waals surface area contributed by atoms with E-state index in [1.54, 1.807) is 6.07 Å². The average Bonchev–Trinajstić information content (AvgIpc) is 3.10. The quantitative estimate of drug-likeness (QED) is 0.850. The van der Waals surface area contributed by atoms with Crippen molar-refractivity contribution in [1.82, 2.24) is 9.88 Å². The summed E-state index contributed by atoms with van der Waals surface area (Å²) in [5, 5.41) is 12.3. The highest BCUT2D eigenvalue weighted by atomic mass is 32.1. The van der Waals surface area contributed by atoms with Crippen LogP contribution in [0.3, 0.4) is 0 Å². The molecule has 1 unspecified atom stereocenters. The van der Waals surface area contributed by atoms with Crippen molar-refractivity contribution in [2.45, 2.75) is 31.7 Å². The third-order valence-electron chi connectivity index (χ3n) is 4.14. The number of carbonyl (C=O) groups is 1. The van der Waals surface area contributed by atoms with Gasteiger partial charge < -0.3 is 10.4 Å². The second kappa shape index (κ2) is 7.33. The monoisotopic (exact) mass is 337 g/mol. The second-order valence-corrected chi connectivity index (χ2v) is 6.84. The molecule has 3 rings (SSSR count). The van der Waals surface area contributed by atoms with Gasteiger partial charge in [0, 0.05) is 12.6 Å².